The Balaban J connectivity index is 1.78. The van der Waals surface area contributed by atoms with Gasteiger partial charge < -0.3 is 15.0 Å². The summed E-state index contributed by atoms with van der Waals surface area (Å²) in [5.41, 5.74) is 1.10. The lowest BCUT2D eigenvalue weighted by Crippen LogP contribution is -2.43. The van der Waals surface area contributed by atoms with Gasteiger partial charge in [-0.1, -0.05) is 12.1 Å². The topological polar surface area (TPSA) is 105 Å². The molecule has 9 heteroatoms. The summed E-state index contributed by atoms with van der Waals surface area (Å²) in [4.78, 5) is 25.5. The highest BCUT2D eigenvalue weighted by molar-refractivity contribution is 7.88. The summed E-state index contributed by atoms with van der Waals surface area (Å²) >= 11 is 0. The second-order valence-electron chi connectivity index (χ2n) is 6.00. The fourth-order valence-corrected chi connectivity index (χ4v) is 3.01. The van der Waals surface area contributed by atoms with Crippen LogP contribution in [0.25, 0.3) is 0 Å². The number of carbonyl (C=O) groups is 2. The first-order valence-corrected chi connectivity index (χ1v) is 9.80. The molecule has 1 aliphatic rings. The SMILES string of the molecule is COc1ccc(CCN2C[C@@H](NC(=O)CNS(C)(=O)=O)CC2=O)cc1. The maximum Gasteiger partial charge on any atom is 0.235 e. The summed E-state index contributed by atoms with van der Waals surface area (Å²) in [6, 6.07) is 7.36. The van der Waals surface area contributed by atoms with Gasteiger partial charge in [-0.15, -0.1) is 0 Å². The van der Waals surface area contributed by atoms with Gasteiger partial charge in [0.15, 0.2) is 0 Å². The van der Waals surface area contributed by atoms with E-state index in [4.69, 9.17) is 4.74 Å². The number of nitrogens with zero attached hydrogens (tertiary/aromatic N) is 1. The second-order valence-corrected chi connectivity index (χ2v) is 7.83. The van der Waals surface area contributed by atoms with Gasteiger partial charge in [0.2, 0.25) is 21.8 Å². The van der Waals surface area contributed by atoms with E-state index in [-0.39, 0.29) is 24.9 Å². The van der Waals surface area contributed by atoms with E-state index < -0.39 is 15.9 Å². The average Bonchev–Trinajstić information content (AvgIpc) is 2.90. The van der Waals surface area contributed by atoms with Gasteiger partial charge in [-0.25, -0.2) is 13.1 Å². The van der Waals surface area contributed by atoms with Crippen LogP contribution in [-0.4, -0.2) is 64.2 Å². The molecular weight excluding hydrogens is 346 g/mol. The van der Waals surface area contributed by atoms with Crippen LogP contribution >= 0.6 is 0 Å². The number of amides is 2. The molecule has 25 heavy (non-hydrogen) atoms. The summed E-state index contributed by atoms with van der Waals surface area (Å²) in [5.74, 6) is 0.321. The Kier molecular flexibility index (Phi) is 6.38. The van der Waals surface area contributed by atoms with Gasteiger partial charge in [-0.2, -0.15) is 0 Å². The Morgan fingerprint density at radius 3 is 2.60 bits per heavy atom. The molecule has 1 aliphatic heterocycles. The quantitative estimate of drug-likeness (QED) is 0.643. The van der Waals surface area contributed by atoms with Crippen molar-refractivity contribution in [2.45, 2.75) is 18.9 Å². The zero-order valence-electron chi connectivity index (χ0n) is 14.3. The Hall–Kier alpha value is -2.13. The van der Waals surface area contributed by atoms with E-state index in [1.807, 2.05) is 24.3 Å². The average molecular weight is 369 g/mol. The highest BCUT2D eigenvalue weighted by atomic mass is 32.2. The van der Waals surface area contributed by atoms with E-state index in [2.05, 4.69) is 10.0 Å². The number of benzene rings is 1. The van der Waals surface area contributed by atoms with Crippen LogP contribution in [0, 0.1) is 0 Å². The van der Waals surface area contributed by atoms with Crippen LogP contribution in [0.1, 0.15) is 12.0 Å². The molecule has 138 valence electrons. The maximum absolute atomic E-state index is 12.0. The molecule has 2 amide bonds. The smallest absolute Gasteiger partial charge is 0.235 e. The van der Waals surface area contributed by atoms with Crippen LogP contribution < -0.4 is 14.8 Å². The summed E-state index contributed by atoms with van der Waals surface area (Å²) < 4.78 is 29.2. The molecular formula is C16H23N3O5S. The van der Waals surface area contributed by atoms with Crippen LogP contribution in [0.3, 0.4) is 0 Å². The van der Waals surface area contributed by atoms with Crippen LogP contribution in [0.15, 0.2) is 24.3 Å². The largest absolute Gasteiger partial charge is 0.497 e. The monoisotopic (exact) mass is 369 g/mol. The van der Waals surface area contributed by atoms with Crippen LogP contribution in [0.4, 0.5) is 0 Å². The fraction of sp³-hybridized carbons (Fsp3) is 0.500. The lowest BCUT2D eigenvalue weighted by atomic mass is 10.1. The van der Waals surface area contributed by atoms with Crippen LogP contribution in [-0.2, 0) is 26.0 Å². The Labute approximate surface area is 147 Å². The molecule has 0 aliphatic carbocycles. The third-order valence-corrected chi connectivity index (χ3v) is 4.57. The molecule has 1 fully saturated rings. The van der Waals surface area contributed by atoms with Gasteiger partial charge in [0.1, 0.15) is 5.75 Å². The van der Waals surface area contributed by atoms with Crippen molar-refractivity contribution >= 4 is 21.8 Å². The molecule has 8 nitrogen and oxygen atoms in total. The summed E-state index contributed by atoms with van der Waals surface area (Å²) in [6.07, 6.45) is 1.93. The Morgan fingerprint density at radius 2 is 2.00 bits per heavy atom. The maximum atomic E-state index is 12.0. The van der Waals surface area contributed by atoms with Gasteiger partial charge in [0.05, 0.1) is 26.0 Å². The highest BCUT2D eigenvalue weighted by Gasteiger charge is 2.30. The second kappa shape index (κ2) is 8.30. The van der Waals surface area contributed by atoms with Crippen molar-refractivity contribution in [1.29, 1.82) is 0 Å². The number of likely N-dealkylation sites (tertiary alicyclic amines) is 1. The van der Waals surface area contributed by atoms with Gasteiger partial charge in [-0.3, -0.25) is 9.59 Å². The number of carbonyl (C=O) groups excluding carboxylic acids is 2. The zero-order valence-corrected chi connectivity index (χ0v) is 15.1. The third kappa shape index (κ3) is 6.35. The number of hydrogen-bond acceptors (Lipinski definition) is 5. The summed E-state index contributed by atoms with van der Waals surface area (Å²) in [7, 11) is -1.81. The Bertz CT molecular complexity index is 718. The predicted octanol–water partition coefficient (Wildman–Crippen LogP) is -0.496. The Morgan fingerprint density at radius 1 is 1.32 bits per heavy atom. The van der Waals surface area contributed by atoms with E-state index in [9.17, 15) is 18.0 Å². The molecule has 1 saturated heterocycles. The van der Waals surface area contributed by atoms with Crippen LogP contribution in [0.2, 0.25) is 0 Å². The predicted molar refractivity (Wildman–Crippen MR) is 92.7 cm³/mol. The van der Waals surface area contributed by atoms with Gasteiger partial charge in [0, 0.05) is 19.5 Å². The molecule has 1 aromatic rings. The van der Waals surface area contributed by atoms with Crippen molar-refractivity contribution in [3.8, 4) is 5.75 Å². The molecule has 2 N–H and O–H groups in total. The van der Waals surface area contributed by atoms with E-state index in [1.54, 1.807) is 12.0 Å². The zero-order chi connectivity index (χ0) is 18.4. The van der Waals surface area contributed by atoms with Crippen molar-refractivity contribution in [3.63, 3.8) is 0 Å². The van der Waals surface area contributed by atoms with Gasteiger partial charge >= 0.3 is 0 Å². The molecule has 1 heterocycles. The molecule has 1 aromatic carbocycles. The molecule has 0 radical (unpaired) electrons. The molecule has 0 spiro atoms. The number of nitrogens with one attached hydrogen (secondary N) is 2. The van der Waals surface area contributed by atoms with E-state index in [0.29, 0.717) is 19.5 Å². The minimum absolute atomic E-state index is 0.0186. The third-order valence-electron chi connectivity index (χ3n) is 3.90. The first kappa shape index (κ1) is 19.2. The number of rotatable bonds is 8. The summed E-state index contributed by atoms with van der Waals surface area (Å²) in [5, 5.41) is 2.68. The minimum Gasteiger partial charge on any atom is -0.497 e. The van der Waals surface area contributed by atoms with Crippen molar-refractivity contribution in [2.75, 3.05) is 33.0 Å². The van der Waals surface area contributed by atoms with Crippen molar-refractivity contribution in [1.82, 2.24) is 14.9 Å². The normalized spacial score (nSPS) is 17.6. The van der Waals surface area contributed by atoms with E-state index >= 15 is 0 Å². The lowest BCUT2D eigenvalue weighted by molar-refractivity contribution is -0.127. The van der Waals surface area contributed by atoms with Gasteiger partial charge in [0.25, 0.3) is 0 Å². The fourth-order valence-electron chi connectivity index (χ4n) is 2.62. The van der Waals surface area contributed by atoms with Crippen LogP contribution in [0.5, 0.6) is 5.75 Å². The highest BCUT2D eigenvalue weighted by Crippen LogP contribution is 2.15. The first-order chi connectivity index (χ1) is 11.8. The molecule has 2 rings (SSSR count). The standard InChI is InChI=1S/C16H23N3O5S/c1-24-14-5-3-12(4-6-14)7-8-19-11-13(9-16(19)21)18-15(20)10-17-25(2,22)23/h3-6,13,17H,7-11H2,1-2H3,(H,18,20)/t13-/m0/s1. The molecule has 1 atom stereocenters. The number of ether oxygens (including phenoxy) is 1. The van der Waals surface area contributed by atoms with E-state index in [0.717, 1.165) is 17.6 Å². The summed E-state index contributed by atoms with van der Waals surface area (Å²) in [6.45, 7) is 0.675. The van der Waals surface area contributed by atoms with E-state index in [1.165, 1.54) is 0 Å². The minimum atomic E-state index is -3.42. The van der Waals surface area contributed by atoms with Crippen molar-refractivity contribution < 1.29 is 22.7 Å². The molecule has 0 aromatic heterocycles. The van der Waals surface area contributed by atoms with Crippen molar-refractivity contribution in [3.05, 3.63) is 29.8 Å². The number of sulfonamides is 1. The first-order valence-electron chi connectivity index (χ1n) is 7.91. The number of hydrogen-bond donors (Lipinski definition) is 2. The van der Waals surface area contributed by atoms with Crippen molar-refractivity contribution in [2.24, 2.45) is 0 Å². The molecule has 0 saturated carbocycles. The lowest BCUT2D eigenvalue weighted by Gasteiger charge is -2.17. The van der Waals surface area contributed by atoms with Gasteiger partial charge in [-0.05, 0) is 24.1 Å². The number of methoxy groups -OCH3 is 1. The molecule has 0 bridgehead atoms. The molecule has 0 unspecified atom stereocenters.